The molecule has 2 N–H and O–H groups in total. The Morgan fingerprint density at radius 2 is 1.95 bits per heavy atom. The molecule has 5 nitrogen and oxygen atoms in total. The number of benzene rings is 1. The fraction of sp³-hybridized carbons (Fsp3) is 0.467. The molecule has 0 aromatic heterocycles. The first kappa shape index (κ1) is 14.4. The maximum atomic E-state index is 12.6. The molecule has 0 atom stereocenters. The Morgan fingerprint density at radius 1 is 1.35 bits per heavy atom. The van der Waals surface area contributed by atoms with E-state index in [0.717, 1.165) is 11.3 Å². The van der Waals surface area contributed by atoms with Gasteiger partial charge < -0.3 is 15.4 Å². The van der Waals surface area contributed by atoms with E-state index in [1.165, 1.54) is 7.11 Å². The summed E-state index contributed by atoms with van der Waals surface area (Å²) in [7, 11) is 3.06. The van der Waals surface area contributed by atoms with E-state index in [-0.39, 0.29) is 5.91 Å². The summed E-state index contributed by atoms with van der Waals surface area (Å²) in [5.41, 5.74) is 7.64. The highest BCUT2D eigenvalue weighted by Crippen LogP contribution is 2.47. The first-order valence-corrected chi connectivity index (χ1v) is 6.73. The standard InChI is InChI=1S/C15H20N2O3/c1-5-15(6-2)10-7-9(13(18)20-4)11(16)8-12(10)17(3)14(15)19/h7-8H,5-6,16H2,1-4H3. The molecule has 1 aliphatic heterocycles. The van der Waals surface area contributed by atoms with Gasteiger partial charge in [0.1, 0.15) is 0 Å². The van der Waals surface area contributed by atoms with Crippen LogP contribution in [0.1, 0.15) is 42.6 Å². The average molecular weight is 276 g/mol. The SMILES string of the molecule is CCC1(CC)C(=O)N(C)c2cc(N)c(C(=O)OC)cc21. The molecule has 0 saturated carbocycles. The molecule has 1 heterocycles. The number of nitrogens with zero attached hydrogens (tertiary/aromatic N) is 1. The third kappa shape index (κ3) is 1.69. The van der Waals surface area contributed by atoms with Gasteiger partial charge in [-0.25, -0.2) is 4.79 Å². The third-order valence-electron chi connectivity index (χ3n) is 4.37. The molecule has 1 amide bonds. The van der Waals surface area contributed by atoms with Crippen molar-refractivity contribution in [2.24, 2.45) is 0 Å². The molecule has 0 unspecified atom stereocenters. The fourth-order valence-corrected chi connectivity index (χ4v) is 3.03. The van der Waals surface area contributed by atoms with Gasteiger partial charge in [-0.15, -0.1) is 0 Å². The second kappa shape index (κ2) is 4.81. The topological polar surface area (TPSA) is 72.6 Å². The summed E-state index contributed by atoms with van der Waals surface area (Å²) in [5.74, 6) is -0.424. The van der Waals surface area contributed by atoms with E-state index in [1.54, 1.807) is 24.1 Å². The maximum Gasteiger partial charge on any atom is 0.339 e. The van der Waals surface area contributed by atoms with Crippen molar-refractivity contribution in [3.05, 3.63) is 23.3 Å². The minimum absolute atomic E-state index is 0.0546. The van der Waals surface area contributed by atoms with Crippen molar-refractivity contribution >= 4 is 23.3 Å². The van der Waals surface area contributed by atoms with Gasteiger partial charge in [-0.2, -0.15) is 0 Å². The number of carbonyl (C=O) groups excluding carboxylic acids is 2. The Labute approximate surface area is 118 Å². The van der Waals surface area contributed by atoms with Gasteiger partial charge >= 0.3 is 5.97 Å². The Balaban J connectivity index is 2.71. The Morgan fingerprint density at radius 3 is 2.45 bits per heavy atom. The number of amides is 1. The van der Waals surface area contributed by atoms with Gasteiger partial charge in [-0.1, -0.05) is 13.8 Å². The smallest absolute Gasteiger partial charge is 0.339 e. The van der Waals surface area contributed by atoms with Crippen LogP contribution >= 0.6 is 0 Å². The maximum absolute atomic E-state index is 12.6. The lowest BCUT2D eigenvalue weighted by atomic mass is 9.76. The largest absolute Gasteiger partial charge is 0.465 e. The molecule has 2 rings (SSSR count). The highest BCUT2D eigenvalue weighted by atomic mass is 16.5. The third-order valence-corrected chi connectivity index (χ3v) is 4.37. The van der Waals surface area contributed by atoms with Crippen LogP contribution in [0.25, 0.3) is 0 Å². The number of hydrogen-bond acceptors (Lipinski definition) is 4. The number of ether oxygens (including phenoxy) is 1. The van der Waals surface area contributed by atoms with E-state index >= 15 is 0 Å². The van der Waals surface area contributed by atoms with Crippen LogP contribution in [0.5, 0.6) is 0 Å². The minimum atomic E-state index is -0.569. The number of rotatable bonds is 3. The number of hydrogen-bond donors (Lipinski definition) is 1. The number of likely N-dealkylation sites (N-methyl/N-ethyl adjacent to an activating group) is 1. The molecule has 1 aliphatic rings. The number of nitrogens with two attached hydrogens (primary N) is 1. The second-order valence-electron chi connectivity index (χ2n) is 5.10. The summed E-state index contributed by atoms with van der Waals surface area (Å²) < 4.78 is 4.75. The van der Waals surface area contributed by atoms with Gasteiger partial charge in [0, 0.05) is 18.4 Å². The second-order valence-corrected chi connectivity index (χ2v) is 5.10. The molecule has 0 spiro atoms. The van der Waals surface area contributed by atoms with Crippen molar-refractivity contribution < 1.29 is 14.3 Å². The number of anilines is 2. The predicted octanol–water partition coefficient (Wildman–Crippen LogP) is 2.09. The molecule has 0 bridgehead atoms. The van der Waals surface area contributed by atoms with Crippen LogP contribution in [0.3, 0.4) is 0 Å². The van der Waals surface area contributed by atoms with Crippen LogP contribution in [-0.4, -0.2) is 26.0 Å². The van der Waals surface area contributed by atoms with E-state index in [0.29, 0.717) is 24.1 Å². The van der Waals surface area contributed by atoms with Gasteiger partial charge in [-0.05, 0) is 30.5 Å². The molecular weight excluding hydrogens is 256 g/mol. The average Bonchev–Trinajstić information content (AvgIpc) is 2.66. The Hall–Kier alpha value is -2.04. The van der Waals surface area contributed by atoms with Crippen LogP contribution in [0.15, 0.2) is 12.1 Å². The van der Waals surface area contributed by atoms with Crippen molar-refractivity contribution in [1.29, 1.82) is 0 Å². The summed E-state index contributed by atoms with van der Waals surface area (Å²) in [6.07, 6.45) is 1.37. The normalized spacial score (nSPS) is 16.2. The predicted molar refractivity (Wildman–Crippen MR) is 77.9 cm³/mol. The van der Waals surface area contributed by atoms with Crippen LogP contribution in [0.4, 0.5) is 11.4 Å². The van der Waals surface area contributed by atoms with Gasteiger partial charge in [0.25, 0.3) is 0 Å². The molecule has 1 aromatic carbocycles. The number of carbonyl (C=O) groups is 2. The van der Waals surface area contributed by atoms with E-state index in [2.05, 4.69) is 0 Å². The number of methoxy groups -OCH3 is 1. The first-order chi connectivity index (χ1) is 9.42. The van der Waals surface area contributed by atoms with Crippen molar-refractivity contribution in [2.75, 3.05) is 24.8 Å². The Bertz CT molecular complexity index is 577. The molecule has 20 heavy (non-hydrogen) atoms. The van der Waals surface area contributed by atoms with Gasteiger partial charge in [0.05, 0.1) is 18.1 Å². The van der Waals surface area contributed by atoms with Crippen molar-refractivity contribution in [3.63, 3.8) is 0 Å². The molecule has 5 heteroatoms. The van der Waals surface area contributed by atoms with Crippen LogP contribution in [0, 0.1) is 0 Å². The lowest BCUT2D eigenvalue weighted by Crippen LogP contribution is -2.37. The summed E-state index contributed by atoms with van der Waals surface area (Å²) in [5, 5.41) is 0. The molecule has 0 fully saturated rings. The Kier molecular flexibility index (Phi) is 3.46. The van der Waals surface area contributed by atoms with E-state index < -0.39 is 11.4 Å². The summed E-state index contributed by atoms with van der Waals surface area (Å²) in [6, 6.07) is 3.40. The monoisotopic (exact) mass is 276 g/mol. The first-order valence-electron chi connectivity index (χ1n) is 6.73. The lowest BCUT2D eigenvalue weighted by molar-refractivity contribution is -0.123. The highest BCUT2D eigenvalue weighted by molar-refractivity contribution is 6.09. The van der Waals surface area contributed by atoms with Crippen LogP contribution in [0.2, 0.25) is 0 Å². The zero-order valence-electron chi connectivity index (χ0n) is 12.3. The zero-order valence-corrected chi connectivity index (χ0v) is 12.3. The van der Waals surface area contributed by atoms with E-state index in [9.17, 15) is 9.59 Å². The molecule has 108 valence electrons. The number of esters is 1. The van der Waals surface area contributed by atoms with Crippen LogP contribution < -0.4 is 10.6 Å². The minimum Gasteiger partial charge on any atom is -0.465 e. The summed E-state index contributed by atoms with van der Waals surface area (Å²) in [4.78, 5) is 26.0. The molecular formula is C15H20N2O3. The fourth-order valence-electron chi connectivity index (χ4n) is 3.03. The van der Waals surface area contributed by atoms with Gasteiger partial charge in [-0.3, -0.25) is 4.79 Å². The van der Waals surface area contributed by atoms with Crippen LogP contribution in [-0.2, 0) is 14.9 Å². The van der Waals surface area contributed by atoms with E-state index in [4.69, 9.17) is 10.5 Å². The molecule has 0 aliphatic carbocycles. The van der Waals surface area contributed by atoms with Gasteiger partial charge in [0.15, 0.2) is 0 Å². The highest BCUT2D eigenvalue weighted by Gasteiger charge is 2.47. The number of nitrogen functional groups attached to an aromatic ring is 1. The lowest BCUT2D eigenvalue weighted by Gasteiger charge is -2.25. The zero-order chi connectivity index (χ0) is 15.1. The van der Waals surface area contributed by atoms with Gasteiger partial charge in [0.2, 0.25) is 5.91 Å². The van der Waals surface area contributed by atoms with Crippen molar-refractivity contribution in [1.82, 2.24) is 0 Å². The molecule has 0 saturated heterocycles. The molecule has 1 aromatic rings. The van der Waals surface area contributed by atoms with E-state index in [1.807, 2.05) is 13.8 Å². The van der Waals surface area contributed by atoms with Crippen molar-refractivity contribution in [3.8, 4) is 0 Å². The van der Waals surface area contributed by atoms with Crippen molar-refractivity contribution in [2.45, 2.75) is 32.1 Å². The quantitative estimate of drug-likeness (QED) is 0.677. The summed E-state index contributed by atoms with van der Waals surface area (Å²) >= 11 is 0. The molecule has 0 radical (unpaired) electrons. The number of fused-ring (bicyclic) bond motifs is 1. The summed E-state index contributed by atoms with van der Waals surface area (Å²) in [6.45, 7) is 3.97.